The Hall–Kier alpha value is -6.00. The van der Waals surface area contributed by atoms with Gasteiger partial charge in [0.1, 0.15) is 0 Å². The zero-order chi connectivity index (χ0) is 74.2. The van der Waals surface area contributed by atoms with Gasteiger partial charge in [0, 0.05) is 33.4 Å². The molecule has 0 atom stereocenters. The van der Waals surface area contributed by atoms with Crippen LogP contribution in [0.15, 0.2) is 166 Å². The fourth-order valence-electron chi connectivity index (χ4n) is 17.4. The maximum atomic E-state index is 6.84. The van der Waals surface area contributed by atoms with Gasteiger partial charge in [-0.2, -0.15) is 0 Å². The molecule has 2 aliphatic rings. The van der Waals surface area contributed by atoms with Gasteiger partial charge in [-0.3, -0.25) is 0 Å². The van der Waals surface area contributed by atoms with E-state index >= 15 is 0 Å². The van der Waals surface area contributed by atoms with Crippen molar-refractivity contribution in [3.05, 3.63) is 212 Å². The summed E-state index contributed by atoms with van der Waals surface area (Å²) in [5.74, 6) is 0. The molecule has 6 aromatic rings. The Kier molecular flexibility index (Phi) is 41.5. The SMILES string of the molecule is CCCCCCCCCCc1cc(CCCCCCCCCC)c(C2(C3(c4c(CCCCCCCCCC)cc(CCCCCCCCCC)cc4CCCCCCCCCC)N=C(c4ccccc4)C(c4ccccc4)=N3)N=C(c3ccccc3)C(c3ccccc3)=N2)c(CCCCCCCCCC)c1. The van der Waals surface area contributed by atoms with E-state index in [0.29, 0.717) is 0 Å². The minimum Gasteiger partial charge on any atom is -0.243 e. The molecule has 0 N–H and O–H groups in total. The molecule has 0 fully saturated rings. The van der Waals surface area contributed by atoms with Gasteiger partial charge in [0.2, 0.25) is 11.3 Å². The van der Waals surface area contributed by atoms with Gasteiger partial charge >= 0.3 is 0 Å². The Morgan fingerprint density at radius 1 is 0.189 bits per heavy atom. The van der Waals surface area contributed by atoms with E-state index in [-0.39, 0.29) is 0 Å². The summed E-state index contributed by atoms with van der Waals surface area (Å²) in [6, 6.07) is 55.9. The molecule has 0 bridgehead atoms. The van der Waals surface area contributed by atoms with Gasteiger partial charge in [0.25, 0.3) is 0 Å². The van der Waals surface area contributed by atoms with Crippen LogP contribution in [0.5, 0.6) is 0 Å². The van der Waals surface area contributed by atoms with Gasteiger partial charge in [-0.1, -0.05) is 457 Å². The Morgan fingerprint density at radius 2 is 0.349 bits per heavy atom. The van der Waals surface area contributed by atoms with E-state index in [1.54, 1.807) is 0 Å². The van der Waals surface area contributed by atoms with Crippen molar-refractivity contribution in [2.45, 2.75) is 400 Å². The molecule has 4 nitrogen and oxygen atoms in total. The molecule has 4 heteroatoms. The molecular weight excluding hydrogens is 1280 g/mol. The first-order valence-corrected chi connectivity index (χ1v) is 45.4. The minimum absolute atomic E-state index is 0.950. The average molecular weight is 1430 g/mol. The maximum Gasteiger partial charge on any atom is 0.226 e. The fourth-order valence-corrected chi connectivity index (χ4v) is 17.4. The second-order valence-corrected chi connectivity index (χ2v) is 32.6. The van der Waals surface area contributed by atoms with Gasteiger partial charge in [-0.15, -0.1) is 0 Å². The molecule has 8 rings (SSSR count). The molecular formula is C102H150N4. The number of unbranched alkanes of at least 4 members (excludes halogenated alkanes) is 42. The molecule has 0 radical (unpaired) electrons. The van der Waals surface area contributed by atoms with Crippen molar-refractivity contribution in [3.63, 3.8) is 0 Å². The molecule has 0 spiro atoms. The van der Waals surface area contributed by atoms with Crippen molar-refractivity contribution < 1.29 is 0 Å². The second kappa shape index (κ2) is 51.4. The summed E-state index contributed by atoms with van der Waals surface area (Å²) in [6.45, 7) is 14.1. The first-order chi connectivity index (χ1) is 52.4. The summed E-state index contributed by atoms with van der Waals surface area (Å²) < 4.78 is 0. The van der Waals surface area contributed by atoms with Crippen LogP contribution >= 0.6 is 0 Å². The summed E-state index contributed by atoms with van der Waals surface area (Å²) in [4.78, 5) is 27.3. The molecule has 0 saturated carbocycles. The summed E-state index contributed by atoms with van der Waals surface area (Å²) in [5, 5.41) is 0. The van der Waals surface area contributed by atoms with E-state index in [9.17, 15) is 0 Å². The van der Waals surface area contributed by atoms with E-state index in [1.807, 2.05) is 0 Å². The van der Waals surface area contributed by atoms with Gasteiger partial charge in [0.15, 0.2) is 0 Å². The molecule has 106 heavy (non-hydrogen) atoms. The van der Waals surface area contributed by atoms with Crippen LogP contribution in [-0.4, -0.2) is 22.8 Å². The lowest BCUT2D eigenvalue weighted by Crippen LogP contribution is -2.46. The number of rotatable bonds is 61. The summed E-state index contributed by atoms with van der Waals surface area (Å²) >= 11 is 0. The van der Waals surface area contributed by atoms with E-state index < -0.39 is 11.3 Å². The predicted octanol–water partition coefficient (Wildman–Crippen LogP) is 30.8. The van der Waals surface area contributed by atoms with Gasteiger partial charge in [0.05, 0.1) is 22.8 Å². The molecule has 0 aromatic heterocycles. The maximum absolute atomic E-state index is 6.84. The molecule has 2 heterocycles. The van der Waals surface area contributed by atoms with E-state index in [0.717, 1.165) is 109 Å². The lowest BCUT2D eigenvalue weighted by Gasteiger charge is -2.42. The number of benzene rings is 6. The van der Waals surface area contributed by atoms with Crippen LogP contribution in [0.25, 0.3) is 0 Å². The van der Waals surface area contributed by atoms with Crippen molar-refractivity contribution in [1.29, 1.82) is 0 Å². The van der Waals surface area contributed by atoms with Crippen LogP contribution in [0.2, 0.25) is 0 Å². The first kappa shape index (κ1) is 85.6. The van der Waals surface area contributed by atoms with Gasteiger partial charge in [-0.05, 0) is 110 Å². The fraction of sp³-hybridized carbons (Fsp3) is 0.608. The van der Waals surface area contributed by atoms with Gasteiger partial charge in [-0.25, -0.2) is 20.0 Å². The third-order valence-electron chi connectivity index (χ3n) is 23.5. The van der Waals surface area contributed by atoms with E-state index in [1.165, 1.54) is 327 Å². The highest BCUT2D eigenvalue weighted by atomic mass is 15.3. The van der Waals surface area contributed by atoms with Crippen molar-refractivity contribution >= 4 is 22.8 Å². The lowest BCUT2D eigenvalue weighted by molar-refractivity contribution is 0.249. The summed E-state index contributed by atoms with van der Waals surface area (Å²) in [5.41, 5.74) is 16.8. The molecule has 0 amide bonds. The first-order valence-electron chi connectivity index (χ1n) is 45.4. The molecule has 2 aliphatic heterocycles. The Labute approximate surface area is 650 Å². The lowest BCUT2D eigenvalue weighted by atomic mass is 9.72. The monoisotopic (exact) mass is 1430 g/mol. The van der Waals surface area contributed by atoms with Crippen molar-refractivity contribution in [2.24, 2.45) is 20.0 Å². The van der Waals surface area contributed by atoms with Crippen LogP contribution in [0.3, 0.4) is 0 Å². The standard InChI is InChI=1S/C102H150N4/c1-7-13-19-25-31-37-43-53-67-85-81-91(77-55-45-39-33-27-21-15-9-3)95(92(82-85)78-56-46-40-34-28-22-16-10-4)101(103-97(87-69-59-49-60-70-87)98(104-101)88-71-61-50-62-72-88)102(105-99(89-73-63-51-64-74-89)100(106-102)90-75-65-52-66-76-90)96-93(79-57-47-41-35-29-23-17-11-5)83-86(68-54-44-38-32-26-20-14-8-2)84-94(96)80-58-48-42-36-30-24-18-12-6/h49-52,59-66,69-76,81-84H,7-48,53-58,67-68,77-80H2,1-6H3. The Morgan fingerprint density at radius 3 is 0.528 bits per heavy atom. The van der Waals surface area contributed by atoms with Gasteiger partial charge < -0.3 is 0 Å². The van der Waals surface area contributed by atoms with Crippen LogP contribution in [-0.2, 0) is 49.9 Å². The quantitative estimate of drug-likeness (QED) is 0.0342. The van der Waals surface area contributed by atoms with Crippen molar-refractivity contribution in [3.8, 4) is 0 Å². The number of hydrogen-bond donors (Lipinski definition) is 0. The number of hydrogen-bond acceptors (Lipinski definition) is 4. The van der Waals surface area contributed by atoms with E-state index in [4.69, 9.17) is 20.0 Å². The largest absolute Gasteiger partial charge is 0.243 e. The molecule has 6 aromatic carbocycles. The molecule has 0 unspecified atom stereocenters. The smallest absolute Gasteiger partial charge is 0.226 e. The topological polar surface area (TPSA) is 49.4 Å². The Balaban J connectivity index is 1.50. The average Bonchev–Trinajstić information content (AvgIpc) is 1.53. The van der Waals surface area contributed by atoms with Crippen LogP contribution < -0.4 is 0 Å². The van der Waals surface area contributed by atoms with Crippen molar-refractivity contribution in [1.82, 2.24) is 0 Å². The molecule has 0 aliphatic carbocycles. The number of nitrogens with zero attached hydrogens (tertiary/aromatic N) is 4. The number of aryl methyl sites for hydroxylation is 6. The predicted molar refractivity (Wildman–Crippen MR) is 466 cm³/mol. The zero-order valence-electron chi connectivity index (χ0n) is 68.8. The zero-order valence-corrected chi connectivity index (χ0v) is 68.8. The number of aliphatic imine (C=N–C) groups is 4. The van der Waals surface area contributed by atoms with Crippen LogP contribution in [0.1, 0.15) is 417 Å². The van der Waals surface area contributed by atoms with Crippen molar-refractivity contribution in [2.75, 3.05) is 0 Å². The molecule has 0 saturated heterocycles. The summed E-state index contributed by atoms with van der Waals surface area (Å²) in [7, 11) is 0. The third-order valence-corrected chi connectivity index (χ3v) is 23.5. The Bertz CT molecular complexity index is 3000. The third kappa shape index (κ3) is 27.5. The minimum atomic E-state index is -1.37. The normalized spacial score (nSPS) is 13.9. The van der Waals surface area contributed by atoms with Crippen LogP contribution in [0, 0.1) is 0 Å². The molecule has 578 valence electrons. The van der Waals surface area contributed by atoms with E-state index in [2.05, 4.69) is 187 Å². The second-order valence-electron chi connectivity index (χ2n) is 32.6. The van der Waals surface area contributed by atoms with Crippen LogP contribution in [0.4, 0.5) is 0 Å². The highest BCUT2D eigenvalue weighted by molar-refractivity contribution is 6.56. The highest BCUT2D eigenvalue weighted by Gasteiger charge is 2.63. The summed E-state index contributed by atoms with van der Waals surface area (Å²) in [6.07, 6.45) is 68.1. The highest BCUT2D eigenvalue weighted by Crippen LogP contribution is 2.58.